The Morgan fingerprint density at radius 1 is 1.08 bits per heavy atom. The Bertz CT molecular complexity index is 779. The first-order valence-corrected chi connectivity index (χ1v) is 8.79. The largest absolute Gasteiger partial charge is 0.497 e. The number of amides is 2. The van der Waals surface area contributed by atoms with Crippen LogP contribution in [0.1, 0.15) is 18.9 Å². The van der Waals surface area contributed by atoms with Gasteiger partial charge in [-0.1, -0.05) is 35.3 Å². The molecular weight excluding hydrogens is 375 g/mol. The highest BCUT2D eigenvalue weighted by atomic mass is 35.5. The van der Waals surface area contributed by atoms with Crippen molar-refractivity contribution in [2.24, 2.45) is 0 Å². The number of hydrogen-bond acceptors (Lipinski definition) is 3. The van der Waals surface area contributed by atoms with E-state index in [0.717, 1.165) is 11.3 Å². The van der Waals surface area contributed by atoms with Crippen LogP contribution in [0.4, 0.5) is 5.69 Å². The van der Waals surface area contributed by atoms with E-state index in [4.69, 9.17) is 27.9 Å². The molecule has 0 aliphatic heterocycles. The van der Waals surface area contributed by atoms with Crippen molar-refractivity contribution in [3.05, 3.63) is 58.1 Å². The van der Waals surface area contributed by atoms with Crippen LogP contribution < -0.4 is 15.0 Å². The second-order valence-electron chi connectivity index (χ2n) is 5.64. The molecular formula is C19H20Cl2N2O3. The van der Waals surface area contributed by atoms with Crippen molar-refractivity contribution >= 4 is 40.7 Å². The zero-order valence-electron chi connectivity index (χ0n) is 14.6. The number of hydrogen-bond donors (Lipinski definition) is 1. The van der Waals surface area contributed by atoms with Crippen molar-refractivity contribution in [3.8, 4) is 5.75 Å². The lowest BCUT2D eigenvalue weighted by atomic mass is 10.2. The molecule has 0 spiro atoms. The number of nitrogens with one attached hydrogen (secondary N) is 1. The maximum atomic E-state index is 12.1. The van der Waals surface area contributed by atoms with E-state index in [1.54, 1.807) is 25.3 Å². The average molecular weight is 395 g/mol. The van der Waals surface area contributed by atoms with Crippen LogP contribution in [0.25, 0.3) is 0 Å². The smallest absolute Gasteiger partial charge is 0.223 e. The third-order valence-corrected chi connectivity index (χ3v) is 4.55. The molecule has 138 valence electrons. The highest BCUT2D eigenvalue weighted by molar-refractivity contribution is 6.42. The van der Waals surface area contributed by atoms with Gasteiger partial charge in [0.05, 0.1) is 17.2 Å². The fraction of sp³-hybridized carbons (Fsp3) is 0.263. The number of anilines is 1. The predicted molar refractivity (Wildman–Crippen MR) is 104 cm³/mol. The molecule has 0 fully saturated rings. The number of ether oxygens (including phenoxy) is 1. The zero-order valence-corrected chi connectivity index (χ0v) is 16.1. The van der Waals surface area contributed by atoms with E-state index in [2.05, 4.69) is 5.32 Å². The summed E-state index contributed by atoms with van der Waals surface area (Å²) in [6.45, 7) is 2.11. The normalized spacial score (nSPS) is 10.3. The van der Waals surface area contributed by atoms with Gasteiger partial charge in [-0.05, 0) is 35.9 Å². The van der Waals surface area contributed by atoms with E-state index < -0.39 is 0 Å². The molecule has 1 N–H and O–H groups in total. The first kappa shape index (κ1) is 20.1. The molecule has 2 aromatic rings. The van der Waals surface area contributed by atoms with Crippen molar-refractivity contribution in [3.63, 3.8) is 0 Å². The van der Waals surface area contributed by atoms with E-state index in [-0.39, 0.29) is 24.8 Å². The molecule has 26 heavy (non-hydrogen) atoms. The Kier molecular flexibility index (Phi) is 7.30. The molecule has 0 heterocycles. The Labute approximate surface area is 162 Å². The molecule has 0 unspecified atom stereocenters. The van der Waals surface area contributed by atoms with Crippen molar-refractivity contribution in [2.45, 2.75) is 19.9 Å². The third-order valence-electron chi connectivity index (χ3n) is 3.81. The van der Waals surface area contributed by atoms with Gasteiger partial charge < -0.3 is 15.0 Å². The second-order valence-corrected chi connectivity index (χ2v) is 6.46. The summed E-state index contributed by atoms with van der Waals surface area (Å²) in [6, 6.07) is 12.4. The Morgan fingerprint density at radius 3 is 2.35 bits per heavy atom. The number of carbonyl (C=O) groups excluding carboxylic acids is 2. The van der Waals surface area contributed by atoms with Crippen molar-refractivity contribution in [1.29, 1.82) is 0 Å². The van der Waals surface area contributed by atoms with Gasteiger partial charge in [0, 0.05) is 32.1 Å². The molecule has 0 saturated heterocycles. The van der Waals surface area contributed by atoms with Gasteiger partial charge >= 0.3 is 0 Å². The summed E-state index contributed by atoms with van der Waals surface area (Å²) in [5.41, 5.74) is 1.57. The first-order chi connectivity index (χ1) is 12.4. The van der Waals surface area contributed by atoms with Crippen LogP contribution in [0.15, 0.2) is 42.5 Å². The Balaban J connectivity index is 1.90. The molecule has 2 rings (SSSR count). The van der Waals surface area contributed by atoms with Crippen LogP contribution >= 0.6 is 23.2 Å². The Hall–Kier alpha value is -2.24. The lowest BCUT2D eigenvalue weighted by molar-refractivity contribution is -0.121. The summed E-state index contributed by atoms with van der Waals surface area (Å²) in [5.74, 6) is 0.442. The molecule has 0 aromatic heterocycles. The summed E-state index contributed by atoms with van der Waals surface area (Å²) >= 11 is 11.9. The van der Waals surface area contributed by atoms with Crippen LogP contribution in [0.5, 0.6) is 5.75 Å². The van der Waals surface area contributed by atoms with Gasteiger partial charge in [0.15, 0.2) is 0 Å². The highest BCUT2D eigenvalue weighted by Crippen LogP contribution is 2.27. The van der Waals surface area contributed by atoms with Gasteiger partial charge in [-0.15, -0.1) is 0 Å². The van der Waals surface area contributed by atoms with Gasteiger partial charge in [-0.2, -0.15) is 0 Å². The van der Waals surface area contributed by atoms with Gasteiger partial charge in [0.2, 0.25) is 11.8 Å². The number of halogens is 2. The van der Waals surface area contributed by atoms with Gasteiger partial charge in [0.1, 0.15) is 5.75 Å². The van der Waals surface area contributed by atoms with Crippen LogP contribution in [0, 0.1) is 0 Å². The van der Waals surface area contributed by atoms with E-state index in [1.165, 1.54) is 11.8 Å². The molecule has 2 amide bonds. The SMILES string of the molecule is COc1ccc(CNC(=O)CCN(C(C)=O)c2ccc(Cl)c(Cl)c2)cc1. The standard InChI is InChI=1S/C19H20Cl2N2O3/c1-13(24)23(15-5-8-17(20)18(21)11-15)10-9-19(25)22-12-14-3-6-16(26-2)7-4-14/h3-8,11H,9-10,12H2,1-2H3,(H,22,25). The average Bonchev–Trinajstić information content (AvgIpc) is 2.63. The maximum Gasteiger partial charge on any atom is 0.223 e. The quantitative estimate of drug-likeness (QED) is 0.769. The van der Waals surface area contributed by atoms with Crippen molar-refractivity contribution in [2.75, 3.05) is 18.6 Å². The van der Waals surface area contributed by atoms with Crippen LogP contribution in [-0.4, -0.2) is 25.5 Å². The number of benzene rings is 2. The summed E-state index contributed by atoms with van der Waals surface area (Å²) in [4.78, 5) is 25.5. The van der Waals surface area contributed by atoms with Crippen molar-refractivity contribution in [1.82, 2.24) is 5.32 Å². The molecule has 0 atom stereocenters. The number of methoxy groups -OCH3 is 1. The van der Waals surface area contributed by atoms with E-state index >= 15 is 0 Å². The summed E-state index contributed by atoms with van der Waals surface area (Å²) in [5, 5.41) is 3.61. The molecule has 2 aromatic carbocycles. The molecule has 0 aliphatic carbocycles. The minimum Gasteiger partial charge on any atom is -0.497 e. The maximum absolute atomic E-state index is 12.1. The second kappa shape index (κ2) is 9.46. The minimum absolute atomic E-state index is 0.146. The lowest BCUT2D eigenvalue weighted by Crippen LogP contribution is -2.33. The summed E-state index contributed by atoms with van der Waals surface area (Å²) < 4.78 is 5.10. The van der Waals surface area contributed by atoms with Crippen molar-refractivity contribution < 1.29 is 14.3 Å². The van der Waals surface area contributed by atoms with Crippen LogP contribution in [0.3, 0.4) is 0 Å². The Morgan fingerprint density at radius 2 is 1.77 bits per heavy atom. The molecule has 0 radical (unpaired) electrons. The summed E-state index contributed by atoms with van der Waals surface area (Å²) in [7, 11) is 1.60. The minimum atomic E-state index is -0.175. The molecule has 0 bridgehead atoms. The molecule has 5 nitrogen and oxygen atoms in total. The molecule has 7 heteroatoms. The highest BCUT2D eigenvalue weighted by Gasteiger charge is 2.14. The number of rotatable bonds is 7. The number of carbonyl (C=O) groups is 2. The first-order valence-electron chi connectivity index (χ1n) is 8.03. The zero-order chi connectivity index (χ0) is 19.1. The van der Waals surface area contributed by atoms with Gasteiger partial charge in [-0.25, -0.2) is 0 Å². The van der Waals surface area contributed by atoms with Crippen LogP contribution in [0.2, 0.25) is 10.0 Å². The lowest BCUT2D eigenvalue weighted by Gasteiger charge is -2.21. The molecule has 0 aliphatic rings. The fourth-order valence-corrected chi connectivity index (χ4v) is 2.66. The fourth-order valence-electron chi connectivity index (χ4n) is 2.37. The topological polar surface area (TPSA) is 58.6 Å². The summed E-state index contributed by atoms with van der Waals surface area (Å²) in [6.07, 6.45) is 0.177. The number of nitrogens with zero attached hydrogens (tertiary/aromatic N) is 1. The van der Waals surface area contributed by atoms with Gasteiger partial charge in [0.25, 0.3) is 0 Å². The monoisotopic (exact) mass is 394 g/mol. The van der Waals surface area contributed by atoms with Gasteiger partial charge in [-0.3, -0.25) is 9.59 Å². The van der Waals surface area contributed by atoms with E-state index in [9.17, 15) is 9.59 Å². The van der Waals surface area contributed by atoms with Crippen LogP contribution in [-0.2, 0) is 16.1 Å². The third kappa shape index (κ3) is 5.64. The van der Waals surface area contributed by atoms with E-state index in [1.807, 2.05) is 24.3 Å². The van der Waals surface area contributed by atoms with E-state index in [0.29, 0.717) is 22.3 Å². The molecule has 0 saturated carbocycles. The predicted octanol–water partition coefficient (Wildman–Crippen LogP) is 4.06.